The molecule has 2 N–H and O–H groups in total. The summed E-state index contributed by atoms with van der Waals surface area (Å²) in [5.41, 5.74) is 3.84. The van der Waals surface area contributed by atoms with Crippen LogP contribution in [0.1, 0.15) is 23.6 Å². The maximum absolute atomic E-state index is 12.8. The molecule has 7 heteroatoms. The van der Waals surface area contributed by atoms with E-state index in [1.54, 1.807) is 19.1 Å². The number of hydrogen-bond donors (Lipinski definition) is 2. The van der Waals surface area contributed by atoms with Gasteiger partial charge in [-0.3, -0.25) is 9.52 Å². The predicted molar refractivity (Wildman–Crippen MR) is 123 cm³/mol. The molecule has 0 fully saturated rings. The molecule has 3 aromatic carbocycles. The predicted octanol–water partition coefficient (Wildman–Crippen LogP) is 4.82. The van der Waals surface area contributed by atoms with E-state index in [0.717, 1.165) is 16.7 Å². The molecule has 162 valence electrons. The minimum absolute atomic E-state index is 0.108. The smallest absolute Gasteiger partial charge is 0.265 e. The van der Waals surface area contributed by atoms with Crippen LogP contribution in [-0.4, -0.2) is 20.4 Å². The molecule has 0 saturated carbocycles. The molecule has 0 aliphatic carbocycles. The first-order valence-electron chi connectivity index (χ1n) is 9.89. The summed E-state index contributed by atoms with van der Waals surface area (Å²) in [4.78, 5) is 12.5. The lowest BCUT2D eigenvalue weighted by Crippen LogP contribution is -2.30. The fraction of sp³-hybridized carbons (Fsp3) is 0.208. The highest BCUT2D eigenvalue weighted by molar-refractivity contribution is 7.92. The van der Waals surface area contributed by atoms with Crippen LogP contribution in [0.15, 0.2) is 71.6 Å². The number of amides is 1. The summed E-state index contributed by atoms with van der Waals surface area (Å²) in [6.07, 6.45) is -0.711. The highest BCUT2D eigenvalue weighted by atomic mass is 32.2. The lowest BCUT2D eigenvalue weighted by Gasteiger charge is -2.16. The Morgan fingerprint density at radius 2 is 1.45 bits per heavy atom. The zero-order chi connectivity index (χ0) is 22.6. The van der Waals surface area contributed by atoms with Crippen LogP contribution >= 0.6 is 0 Å². The van der Waals surface area contributed by atoms with Gasteiger partial charge in [-0.05, 0) is 75.2 Å². The van der Waals surface area contributed by atoms with Crippen molar-refractivity contribution < 1.29 is 17.9 Å². The van der Waals surface area contributed by atoms with Crippen LogP contribution in [0.5, 0.6) is 5.75 Å². The number of para-hydroxylation sites is 1. The van der Waals surface area contributed by atoms with Crippen LogP contribution in [-0.2, 0) is 14.8 Å². The summed E-state index contributed by atoms with van der Waals surface area (Å²) >= 11 is 0. The number of carbonyl (C=O) groups excluding carboxylic acids is 1. The summed E-state index contributed by atoms with van der Waals surface area (Å²) < 4.78 is 33.8. The number of anilines is 2. The molecule has 0 radical (unpaired) electrons. The Balaban J connectivity index is 1.66. The molecule has 0 saturated heterocycles. The van der Waals surface area contributed by atoms with Gasteiger partial charge < -0.3 is 10.1 Å². The number of ether oxygens (including phenoxy) is 1. The minimum Gasteiger partial charge on any atom is -0.481 e. The van der Waals surface area contributed by atoms with E-state index in [2.05, 4.69) is 10.0 Å². The SMILES string of the molecule is Cc1ccc(O[C@@H](C)C(=O)Nc2ccc(S(=O)(=O)Nc3c(C)cccc3C)cc2)cc1. The average molecular weight is 439 g/mol. The van der Waals surface area contributed by atoms with Gasteiger partial charge in [0.2, 0.25) is 0 Å². The second kappa shape index (κ2) is 9.22. The molecule has 3 aromatic rings. The molecule has 0 aliphatic heterocycles. The molecule has 0 aromatic heterocycles. The quantitative estimate of drug-likeness (QED) is 0.554. The van der Waals surface area contributed by atoms with E-state index in [1.807, 2.05) is 63.2 Å². The Labute approximate surface area is 183 Å². The zero-order valence-electron chi connectivity index (χ0n) is 18.0. The lowest BCUT2D eigenvalue weighted by molar-refractivity contribution is -0.122. The van der Waals surface area contributed by atoms with E-state index >= 15 is 0 Å². The fourth-order valence-corrected chi connectivity index (χ4v) is 4.21. The number of hydrogen-bond acceptors (Lipinski definition) is 4. The third-order valence-corrected chi connectivity index (χ3v) is 6.22. The Kier molecular flexibility index (Phi) is 6.65. The summed E-state index contributed by atoms with van der Waals surface area (Å²) in [5.74, 6) is 0.275. The Hall–Kier alpha value is -3.32. The van der Waals surface area contributed by atoms with E-state index in [1.165, 1.54) is 12.1 Å². The first kappa shape index (κ1) is 22.4. The summed E-state index contributed by atoms with van der Waals surface area (Å²) in [5, 5.41) is 2.74. The van der Waals surface area contributed by atoms with Gasteiger partial charge in [-0.25, -0.2) is 8.42 Å². The standard InChI is InChI=1S/C24H26N2O4S/c1-16-8-12-21(13-9-16)30-19(4)24(27)25-20-10-14-22(15-11-20)31(28,29)26-23-17(2)6-5-7-18(23)3/h5-15,19,26H,1-4H3,(H,25,27)/t19-/m0/s1. The lowest BCUT2D eigenvalue weighted by atomic mass is 10.1. The molecular formula is C24H26N2O4S. The fourth-order valence-electron chi connectivity index (χ4n) is 3.00. The third kappa shape index (κ3) is 5.64. The number of rotatable bonds is 7. The second-order valence-electron chi connectivity index (χ2n) is 7.46. The number of sulfonamides is 1. The molecular weight excluding hydrogens is 412 g/mol. The van der Waals surface area contributed by atoms with E-state index in [4.69, 9.17) is 4.74 Å². The normalized spacial score (nSPS) is 12.1. The van der Waals surface area contributed by atoms with Crippen molar-refractivity contribution in [2.24, 2.45) is 0 Å². The monoisotopic (exact) mass is 438 g/mol. The number of benzene rings is 3. The van der Waals surface area contributed by atoms with Crippen LogP contribution in [0.4, 0.5) is 11.4 Å². The van der Waals surface area contributed by atoms with E-state index in [9.17, 15) is 13.2 Å². The minimum atomic E-state index is -3.75. The first-order valence-corrected chi connectivity index (χ1v) is 11.4. The van der Waals surface area contributed by atoms with Gasteiger partial charge in [-0.15, -0.1) is 0 Å². The maximum Gasteiger partial charge on any atom is 0.265 e. The summed E-state index contributed by atoms with van der Waals surface area (Å²) in [6, 6.07) is 19.0. The molecule has 0 spiro atoms. The second-order valence-corrected chi connectivity index (χ2v) is 9.14. The largest absolute Gasteiger partial charge is 0.481 e. The van der Waals surface area contributed by atoms with Crippen molar-refractivity contribution in [1.82, 2.24) is 0 Å². The maximum atomic E-state index is 12.8. The van der Waals surface area contributed by atoms with Crippen LogP contribution < -0.4 is 14.8 Å². The van der Waals surface area contributed by atoms with Gasteiger partial charge in [0.1, 0.15) is 5.75 Å². The summed E-state index contributed by atoms with van der Waals surface area (Å²) in [7, 11) is -3.75. The van der Waals surface area contributed by atoms with Gasteiger partial charge in [0.05, 0.1) is 10.6 Å². The average Bonchev–Trinajstić information content (AvgIpc) is 2.73. The molecule has 0 unspecified atom stereocenters. The Morgan fingerprint density at radius 1 is 0.871 bits per heavy atom. The van der Waals surface area contributed by atoms with E-state index in [-0.39, 0.29) is 10.8 Å². The van der Waals surface area contributed by atoms with Crippen molar-refractivity contribution in [3.05, 3.63) is 83.4 Å². The molecule has 3 rings (SSSR count). The number of nitrogens with one attached hydrogen (secondary N) is 2. The molecule has 0 aliphatic rings. The van der Waals surface area contributed by atoms with Crippen LogP contribution in [0.25, 0.3) is 0 Å². The van der Waals surface area contributed by atoms with Gasteiger partial charge in [0.15, 0.2) is 6.10 Å². The number of aryl methyl sites for hydroxylation is 3. The van der Waals surface area contributed by atoms with Crippen LogP contribution in [0.3, 0.4) is 0 Å². The highest BCUT2D eigenvalue weighted by Crippen LogP contribution is 2.24. The van der Waals surface area contributed by atoms with E-state index < -0.39 is 16.1 Å². The number of carbonyl (C=O) groups is 1. The molecule has 6 nitrogen and oxygen atoms in total. The Morgan fingerprint density at radius 3 is 2.03 bits per heavy atom. The molecule has 0 bridgehead atoms. The molecule has 0 heterocycles. The van der Waals surface area contributed by atoms with Gasteiger partial charge >= 0.3 is 0 Å². The third-order valence-electron chi connectivity index (χ3n) is 4.85. The van der Waals surface area contributed by atoms with Gasteiger partial charge in [0, 0.05) is 5.69 Å². The molecule has 1 atom stereocenters. The van der Waals surface area contributed by atoms with Crippen molar-refractivity contribution in [3.8, 4) is 5.75 Å². The molecule has 1 amide bonds. The topological polar surface area (TPSA) is 84.5 Å². The van der Waals surface area contributed by atoms with Gasteiger partial charge in [-0.1, -0.05) is 35.9 Å². The molecule has 31 heavy (non-hydrogen) atoms. The first-order chi connectivity index (χ1) is 14.7. The van der Waals surface area contributed by atoms with Crippen molar-refractivity contribution in [2.45, 2.75) is 38.7 Å². The van der Waals surface area contributed by atoms with Gasteiger partial charge in [0.25, 0.3) is 15.9 Å². The summed E-state index contributed by atoms with van der Waals surface area (Å²) in [6.45, 7) is 7.33. The van der Waals surface area contributed by atoms with Crippen molar-refractivity contribution >= 4 is 27.3 Å². The van der Waals surface area contributed by atoms with Crippen molar-refractivity contribution in [3.63, 3.8) is 0 Å². The highest BCUT2D eigenvalue weighted by Gasteiger charge is 2.18. The van der Waals surface area contributed by atoms with Crippen molar-refractivity contribution in [2.75, 3.05) is 10.0 Å². The zero-order valence-corrected chi connectivity index (χ0v) is 18.8. The Bertz CT molecular complexity index is 1150. The van der Waals surface area contributed by atoms with Crippen molar-refractivity contribution in [1.29, 1.82) is 0 Å². The van der Waals surface area contributed by atoms with Crippen LogP contribution in [0.2, 0.25) is 0 Å². The van der Waals surface area contributed by atoms with E-state index in [0.29, 0.717) is 17.1 Å². The van der Waals surface area contributed by atoms with Crippen LogP contribution in [0, 0.1) is 20.8 Å². The van der Waals surface area contributed by atoms with Gasteiger partial charge in [-0.2, -0.15) is 0 Å².